The molecule has 0 aromatic heterocycles. The van der Waals surface area contributed by atoms with Crippen molar-refractivity contribution >= 4 is 29.5 Å². The van der Waals surface area contributed by atoms with Crippen molar-refractivity contribution in [3.05, 3.63) is 71.8 Å². The van der Waals surface area contributed by atoms with E-state index in [2.05, 4.69) is 16.0 Å². The van der Waals surface area contributed by atoms with Crippen molar-refractivity contribution in [1.29, 1.82) is 0 Å². The third-order valence-electron chi connectivity index (χ3n) is 3.60. The Labute approximate surface area is 152 Å². The number of anilines is 1. The molecule has 0 aliphatic heterocycles. The van der Waals surface area contributed by atoms with E-state index < -0.39 is 6.04 Å². The molecule has 0 heterocycles. The summed E-state index contributed by atoms with van der Waals surface area (Å²) in [6.07, 6.45) is 3.05. The van der Waals surface area contributed by atoms with Crippen LogP contribution in [-0.4, -0.2) is 30.8 Å². The van der Waals surface area contributed by atoms with Gasteiger partial charge in [0.05, 0.1) is 0 Å². The quantitative estimate of drug-likeness (QED) is 0.697. The van der Waals surface area contributed by atoms with Gasteiger partial charge in [-0.05, 0) is 36.8 Å². The first-order valence-corrected chi connectivity index (χ1v) is 8.16. The molecule has 3 amide bonds. The Morgan fingerprint density at radius 2 is 1.73 bits per heavy atom. The Hall–Kier alpha value is -3.41. The average Bonchev–Trinajstić information content (AvgIpc) is 2.66. The molecule has 0 aliphatic carbocycles. The fraction of sp³-hybridized carbons (Fsp3) is 0.150. The lowest BCUT2D eigenvalue weighted by Gasteiger charge is -2.13. The standard InChI is InChI=1S/C20H21N3O3/c1-14(22-18(24)12-11-15-7-4-3-5-8-15)19(25)23-17-10-6-9-16(13-17)20(26)21-2/h3-14H,1-2H3,(H,21,26)(H,22,24)(H,23,25)/b12-11+. The van der Waals surface area contributed by atoms with Gasteiger partial charge in [-0.3, -0.25) is 14.4 Å². The molecule has 1 atom stereocenters. The molecule has 0 fully saturated rings. The minimum absolute atomic E-state index is 0.242. The van der Waals surface area contributed by atoms with Crippen molar-refractivity contribution in [1.82, 2.24) is 10.6 Å². The lowest BCUT2D eigenvalue weighted by molar-refractivity contribution is -0.123. The Morgan fingerprint density at radius 3 is 2.42 bits per heavy atom. The Kier molecular flexibility index (Phi) is 6.68. The number of carbonyl (C=O) groups excluding carboxylic acids is 3. The normalized spacial score (nSPS) is 11.6. The van der Waals surface area contributed by atoms with Gasteiger partial charge in [-0.2, -0.15) is 0 Å². The molecule has 0 aliphatic rings. The molecule has 2 aromatic carbocycles. The molecule has 3 N–H and O–H groups in total. The van der Waals surface area contributed by atoms with Crippen LogP contribution in [0.1, 0.15) is 22.8 Å². The maximum absolute atomic E-state index is 12.2. The first-order chi connectivity index (χ1) is 12.5. The molecule has 0 spiro atoms. The highest BCUT2D eigenvalue weighted by Gasteiger charge is 2.15. The van der Waals surface area contributed by atoms with Crippen LogP contribution in [0.5, 0.6) is 0 Å². The topological polar surface area (TPSA) is 87.3 Å². The van der Waals surface area contributed by atoms with Crippen LogP contribution >= 0.6 is 0 Å². The summed E-state index contributed by atoms with van der Waals surface area (Å²) in [6, 6.07) is 15.2. The fourth-order valence-electron chi connectivity index (χ4n) is 2.20. The maximum Gasteiger partial charge on any atom is 0.251 e. The van der Waals surface area contributed by atoms with Crippen LogP contribution < -0.4 is 16.0 Å². The molecular formula is C20H21N3O3. The summed E-state index contributed by atoms with van der Waals surface area (Å²) in [4.78, 5) is 35.8. The van der Waals surface area contributed by atoms with Crippen molar-refractivity contribution in [2.45, 2.75) is 13.0 Å². The van der Waals surface area contributed by atoms with Crippen LogP contribution in [0.4, 0.5) is 5.69 Å². The van der Waals surface area contributed by atoms with Crippen molar-refractivity contribution in [2.24, 2.45) is 0 Å². The third kappa shape index (κ3) is 5.59. The van der Waals surface area contributed by atoms with Gasteiger partial charge in [0.15, 0.2) is 0 Å². The lowest BCUT2D eigenvalue weighted by atomic mass is 10.2. The van der Waals surface area contributed by atoms with E-state index in [-0.39, 0.29) is 17.7 Å². The predicted molar refractivity (Wildman–Crippen MR) is 102 cm³/mol. The fourth-order valence-corrected chi connectivity index (χ4v) is 2.20. The zero-order valence-electron chi connectivity index (χ0n) is 14.7. The zero-order valence-corrected chi connectivity index (χ0v) is 14.7. The summed E-state index contributed by atoms with van der Waals surface area (Å²) in [6.45, 7) is 1.59. The molecule has 134 valence electrons. The molecule has 1 unspecified atom stereocenters. The highest BCUT2D eigenvalue weighted by Crippen LogP contribution is 2.11. The average molecular weight is 351 g/mol. The summed E-state index contributed by atoms with van der Waals surface area (Å²) >= 11 is 0. The van der Waals surface area contributed by atoms with Crippen molar-refractivity contribution in [3.63, 3.8) is 0 Å². The lowest BCUT2D eigenvalue weighted by Crippen LogP contribution is -2.40. The number of nitrogens with one attached hydrogen (secondary N) is 3. The van der Waals surface area contributed by atoms with E-state index in [1.807, 2.05) is 30.3 Å². The zero-order chi connectivity index (χ0) is 18.9. The van der Waals surface area contributed by atoms with Crippen LogP contribution in [0.2, 0.25) is 0 Å². The third-order valence-corrected chi connectivity index (χ3v) is 3.60. The number of hydrogen-bond donors (Lipinski definition) is 3. The van der Waals surface area contributed by atoms with E-state index >= 15 is 0 Å². The first-order valence-electron chi connectivity index (χ1n) is 8.16. The summed E-state index contributed by atoms with van der Waals surface area (Å²) in [5.41, 5.74) is 1.82. The van der Waals surface area contributed by atoms with E-state index in [1.54, 1.807) is 37.3 Å². The van der Waals surface area contributed by atoms with Crippen molar-refractivity contribution in [2.75, 3.05) is 12.4 Å². The van der Waals surface area contributed by atoms with Gasteiger partial charge < -0.3 is 16.0 Å². The molecule has 0 saturated heterocycles. The predicted octanol–water partition coefficient (Wildman–Crippen LogP) is 2.20. The molecule has 2 aromatic rings. The van der Waals surface area contributed by atoms with E-state index in [1.165, 1.54) is 13.1 Å². The molecule has 0 bridgehead atoms. The monoisotopic (exact) mass is 351 g/mol. The van der Waals surface area contributed by atoms with Crippen LogP contribution in [0.15, 0.2) is 60.7 Å². The van der Waals surface area contributed by atoms with Crippen LogP contribution in [0, 0.1) is 0 Å². The van der Waals surface area contributed by atoms with Crippen LogP contribution in [-0.2, 0) is 9.59 Å². The smallest absolute Gasteiger partial charge is 0.251 e. The van der Waals surface area contributed by atoms with Crippen LogP contribution in [0.25, 0.3) is 6.08 Å². The summed E-state index contributed by atoms with van der Waals surface area (Å²) in [7, 11) is 1.54. The molecular weight excluding hydrogens is 330 g/mol. The number of benzene rings is 2. The van der Waals surface area contributed by atoms with Gasteiger partial charge in [-0.1, -0.05) is 36.4 Å². The highest BCUT2D eigenvalue weighted by molar-refractivity contribution is 6.01. The number of amides is 3. The van der Waals surface area contributed by atoms with Gasteiger partial charge in [0.25, 0.3) is 5.91 Å². The SMILES string of the molecule is CNC(=O)c1cccc(NC(=O)C(C)NC(=O)/C=C/c2ccccc2)c1. The molecule has 0 radical (unpaired) electrons. The van der Waals surface area contributed by atoms with Crippen molar-refractivity contribution < 1.29 is 14.4 Å². The Morgan fingerprint density at radius 1 is 1.00 bits per heavy atom. The molecule has 0 saturated carbocycles. The second-order valence-corrected chi connectivity index (χ2v) is 5.62. The highest BCUT2D eigenvalue weighted by atomic mass is 16.2. The van der Waals surface area contributed by atoms with Gasteiger partial charge in [0.2, 0.25) is 11.8 Å². The second kappa shape index (κ2) is 9.17. The van der Waals surface area contributed by atoms with Crippen LogP contribution in [0.3, 0.4) is 0 Å². The number of carbonyl (C=O) groups is 3. The Balaban J connectivity index is 1.92. The van der Waals surface area contributed by atoms with E-state index in [4.69, 9.17) is 0 Å². The molecule has 6 nitrogen and oxygen atoms in total. The molecule has 6 heteroatoms. The molecule has 26 heavy (non-hydrogen) atoms. The minimum atomic E-state index is -0.730. The first kappa shape index (κ1) is 18.9. The largest absolute Gasteiger partial charge is 0.355 e. The van der Waals surface area contributed by atoms with Gasteiger partial charge in [-0.25, -0.2) is 0 Å². The summed E-state index contributed by atoms with van der Waals surface area (Å²) in [5.74, 6) is -0.982. The Bertz CT molecular complexity index is 816. The summed E-state index contributed by atoms with van der Waals surface area (Å²) in [5, 5.41) is 7.81. The number of hydrogen-bond acceptors (Lipinski definition) is 3. The van der Waals surface area contributed by atoms with Gasteiger partial charge in [0, 0.05) is 24.4 Å². The maximum atomic E-state index is 12.2. The second-order valence-electron chi connectivity index (χ2n) is 5.62. The van der Waals surface area contributed by atoms with Gasteiger partial charge in [-0.15, -0.1) is 0 Å². The van der Waals surface area contributed by atoms with E-state index in [0.29, 0.717) is 11.3 Å². The minimum Gasteiger partial charge on any atom is -0.355 e. The van der Waals surface area contributed by atoms with E-state index in [9.17, 15) is 14.4 Å². The summed E-state index contributed by atoms with van der Waals surface area (Å²) < 4.78 is 0. The van der Waals surface area contributed by atoms with Crippen molar-refractivity contribution in [3.8, 4) is 0 Å². The number of rotatable bonds is 6. The van der Waals surface area contributed by atoms with E-state index in [0.717, 1.165) is 5.56 Å². The van der Waals surface area contributed by atoms with Gasteiger partial charge in [0.1, 0.15) is 6.04 Å². The molecule has 2 rings (SSSR count). The van der Waals surface area contributed by atoms with Gasteiger partial charge >= 0.3 is 0 Å².